The summed E-state index contributed by atoms with van der Waals surface area (Å²) in [7, 11) is 0. The van der Waals surface area contributed by atoms with Gasteiger partial charge in [-0.2, -0.15) is 0 Å². The highest BCUT2D eigenvalue weighted by Gasteiger charge is 2.27. The first-order valence-corrected chi connectivity index (χ1v) is 6.48. The van der Waals surface area contributed by atoms with Gasteiger partial charge in [0, 0.05) is 13.0 Å². The van der Waals surface area contributed by atoms with Crippen LogP contribution in [0.4, 0.5) is 4.39 Å². The number of nitrogens with two attached hydrogens (primary N) is 1. The number of primary amides is 1. The van der Waals surface area contributed by atoms with Crippen LogP contribution < -0.4 is 11.1 Å². The molecule has 1 fully saturated rings. The van der Waals surface area contributed by atoms with Crippen molar-refractivity contribution in [3.63, 3.8) is 0 Å². The Labute approximate surface area is 116 Å². The molecule has 0 spiro atoms. The van der Waals surface area contributed by atoms with Crippen molar-refractivity contribution in [1.29, 1.82) is 0 Å². The zero-order valence-corrected chi connectivity index (χ0v) is 11.0. The molecule has 3 N–H and O–H groups in total. The number of hydrogen-bond donors (Lipinski definition) is 2. The summed E-state index contributed by atoms with van der Waals surface area (Å²) in [5, 5.41) is 2.63. The molecular formula is C14H17FN2O3. The number of amides is 2. The second-order valence-corrected chi connectivity index (χ2v) is 4.85. The van der Waals surface area contributed by atoms with Gasteiger partial charge >= 0.3 is 0 Å². The predicted molar refractivity (Wildman–Crippen MR) is 70.2 cm³/mol. The Balaban J connectivity index is 1.98. The summed E-state index contributed by atoms with van der Waals surface area (Å²) >= 11 is 0. The molecule has 1 aromatic rings. The van der Waals surface area contributed by atoms with Gasteiger partial charge in [-0.1, -0.05) is 12.1 Å². The Morgan fingerprint density at radius 3 is 2.65 bits per heavy atom. The van der Waals surface area contributed by atoms with E-state index in [9.17, 15) is 14.0 Å². The molecule has 0 radical (unpaired) electrons. The molecule has 0 bridgehead atoms. The van der Waals surface area contributed by atoms with Crippen molar-refractivity contribution in [2.24, 2.45) is 11.7 Å². The van der Waals surface area contributed by atoms with Crippen LogP contribution in [-0.4, -0.2) is 31.1 Å². The highest BCUT2D eigenvalue weighted by molar-refractivity contribution is 5.87. The quantitative estimate of drug-likeness (QED) is 0.818. The van der Waals surface area contributed by atoms with Crippen molar-refractivity contribution in [3.8, 4) is 0 Å². The first-order valence-electron chi connectivity index (χ1n) is 6.48. The Hall–Kier alpha value is -1.95. The number of carbonyl (C=O) groups is 2. The molecule has 0 aromatic heterocycles. The van der Waals surface area contributed by atoms with E-state index in [-0.39, 0.29) is 24.1 Å². The molecule has 0 aliphatic carbocycles. The molecule has 1 aromatic carbocycles. The van der Waals surface area contributed by atoms with E-state index in [0.29, 0.717) is 19.6 Å². The summed E-state index contributed by atoms with van der Waals surface area (Å²) in [6.45, 7) is 0.922. The lowest BCUT2D eigenvalue weighted by Gasteiger charge is -2.17. The van der Waals surface area contributed by atoms with Crippen LogP contribution in [0.1, 0.15) is 12.0 Å². The van der Waals surface area contributed by atoms with Crippen LogP contribution in [0.15, 0.2) is 24.3 Å². The van der Waals surface area contributed by atoms with Crippen LogP contribution in [0, 0.1) is 11.7 Å². The maximum absolute atomic E-state index is 12.8. The van der Waals surface area contributed by atoms with Crippen molar-refractivity contribution >= 4 is 11.8 Å². The molecule has 6 heteroatoms. The lowest BCUT2D eigenvalue weighted by atomic mass is 10.0. The SMILES string of the molecule is NC(=O)[C@H](Cc1ccc(F)cc1)NC(=O)[C@H]1CCOC1. The Morgan fingerprint density at radius 2 is 2.10 bits per heavy atom. The summed E-state index contributed by atoms with van der Waals surface area (Å²) in [5.41, 5.74) is 6.04. The smallest absolute Gasteiger partial charge is 0.240 e. The fourth-order valence-corrected chi connectivity index (χ4v) is 2.11. The minimum atomic E-state index is -0.798. The van der Waals surface area contributed by atoms with Gasteiger partial charge in [0.2, 0.25) is 11.8 Å². The van der Waals surface area contributed by atoms with Gasteiger partial charge in [-0.05, 0) is 24.1 Å². The molecule has 2 amide bonds. The Morgan fingerprint density at radius 1 is 1.40 bits per heavy atom. The van der Waals surface area contributed by atoms with Crippen LogP contribution in [0.5, 0.6) is 0 Å². The fourth-order valence-electron chi connectivity index (χ4n) is 2.11. The van der Waals surface area contributed by atoms with Crippen LogP contribution >= 0.6 is 0 Å². The zero-order valence-electron chi connectivity index (χ0n) is 11.0. The highest BCUT2D eigenvalue weighted by atomic mass is 19.1. The monoisotopic (exact) mass is 280 g/mol. The van der Waals surface area contributed by atoms with Gasteiger partial charge in [0.25, 0.3) is 0 Å². The average Bonchev–Trinajstić information content (AvgIpc) is 2.94. The van der Waals surface area contributed by atoms with Crippen molar-refractivity contribution < 1.29 is 18.7 Å². The van der Waals surface area contributed by atoms with Crippen molar-refractivity contribution in [1.82, 2.24) is 5.32 Å². The largest absolute Gasteiger partial charge is 0.381 e. The molecule has 108 valence electrons. The van der Waals surface area contributed by atoms with Crippen LogP contribution in [0.2, 0.25) is 0 Å². The summed E-state index contributed by atoms with van der Waals surface area (Å²) in [5.74, 6) is -1.42. The van der Waals surface area contributed by atoms with Crippen LogP contribution in [0.3, 0.4) is 0 Å². The third-order valence-electron chi connectivity index (χ3n) is 3.31. The number of ether oxygens (including phenoxy) is 1. The second kappa shape index (κ2) is 6.47. The highest BCUT2D eigenvalue weighted by Crippen LogP contribution is 2.13. The first-order chi connectivity index (χ1) is 9.56. The third-order valence-corrected chi connectivity index (χ3v) is 3.31. The van der Waals surface area contributed by atoms with E-state index in [0.717, 1.165) is 5.56 Å². The number of carbonyl (C=O) groups excluding carboxylic acids is 2. The number of rotatable bonds is 5. The fraction of sp³-hybridized carbons (Fsp3) is 0.429. The maximum atomic E-state index is 12.8. The van der Waals surface area contributed by atoms with Gasteiger partial charge in [-0.3, -0.25) is 9.59 Å². The number of hydrogen-bond acceptors (Lipinski definition) is 3. The van der Waals surface area contributed by atoms with E-state index < -0.39 is 11.9 Å². The molecule has 0 saturated carbocycles. The molecule has 1 aliphatic heterocycles. The average molecular weight is 280 g/mol. The molecule has 2 atom stereocenters. The molecule has 20 heavy (non-hydrogen) atoms. The minimum absolute atomic E-state index is 0.228. The summed E-state index contributed by atoms with van der Waals surface area (Å²) < 4.78 is 18.0. The summed E-state index contributed by atoms with van der Waals surface area (Å²) in [6.07, 6.45) is 0.892. The van der Waals surface area contributed by atoms with Gasteiger partial charge in [0.15, 0.2) is 0 Å². The predicted octanol–water partition coefficient (Wildman–Crippen LogP) is 0.375. The van der Waals surface area contributed by atoms with E-state index in [1.54, 1.807) is 12.1 Å². The molecular weight excluding hydrogens is 263 g/mol. The van der Waals surface area contributed by atoms with Gasteiger partial charge in [-0.15, -0.1) is 0 Å². The van der Waals surface area contributed by atoms with Crippen LogP contribution in [-0.2, 0) is 20.7 Å². The molecule has 2 rings (SSSR count). The number of nitrogens with one attached hydrogen (secondary N) is 1. The van der Waals surface area contributed by atoms with Crippen LogP contribution in [0.25, 0.3) is 0 Å². The topological polar surface area (TPSA) is 81.4 Å². The van der Waals surface area contributed by atoms with Crippen molar-refractivity contribution in [3.05, 3.63) is 35.6 Å². The molecule has 1 saturated heterocycles. The third kappa shape index (κ3) is 3.77. The van der Waals surface area contributed by atoms with E-state index in [1.165, 1.54) is 12.1 Å². The minimum Gasteiger partial charge on any atom is -0.381 e. The lowest BCUT2D eigenvalue weighted by molar-refractivity contribution is -0.129. The lowest BCUT2D eigenvalue weighted by Crippen LogP contribution is -2.48. The molecule has 1 aliphatic rings. The first kappa shape index (κ1) is 14.5. The van der Waals surface area contributed by atoms with Gasteiger partial charge in [0.05, 0.1) is 12.5 Å². The van der Waals surface area contributed by atoms with Gasteiger partial charge < -0.3 is 15.8 Å². The van der Waals surface area contributed by atoms with Crippen molar-refractivity contribution in [2.75, 3.05) is 13.2 Å². The zero-order chi connectivity index (χ0) is 14.5. The van der Waals surface area contributed by atoms with E-state index in [1.807, 2.05) is 0 Å². The molecule has 0 unspecified atom stereocenters. The Kier molecular flexibility index (Phi) is 4.68. The summed E-state index contributed by atoms with van der Waals surface area (Å²) in [4.78, 5) is 23.4. The maximum Gasteiger partial charge on any atom is 0.240 e. The molecule has 5 nitrogen and oxygen atoms in total. The van der Waals surface area contributed by atoms with E-state index >= 15 is 0 Å². The van der Waals surface area contributed by atoms with Crippen molar-refractivity contribution in [2.45, 2.75) is 18.9 Å². The molecule has 1 heterocycles. The summed E-state index contributed by atoms with van der Waals surface area (Å²) in [6, 6.07) is 4.94. The number of halogens is 1. The normalized spacial score (nSPS) is 19.6. The van der Waals surface area contributed by atoms with Gasteiger partial charge in [-0.25, -0.2) is 4.39 Å². The standard InChI is InChI=1S/C14H17FN2O3/c15-11-3-1-9(2-4-11)7-12(13(16)18)17-14(19)10-5-6-20-8-10/h1-4,10,12H,5-8H2,(H2,16,18)(H,17,19)/t10-,12-/m0/s1. The van der Waals surface area contributed by atoms with E-state index in [2.05, 4.69) is 5.32 Å². The second-order valence-electron chi connectivity index (χ2n) is 4.85. The number of benzene rings is 1. The van der Waals surface area contributed by atoms with Gasteiger partial charge in [0.1, 0.15) is 11.9 Å². The van der Waals surface area contributed by atoms with E-state index in [4.69, 9.17) is 10.5 Å². The Bertz CT molecular complexity index is 484.